The number of halogens is 6. The third-order valence-electron chi connectivity index (χ3n) is 6.86. The van der Waals surface area contributed by atoms with E-state index in [1.165, 1.54) is 17.6 Å². The Labute approximate surface area is 265 Å². The smallest absolute Gasteiger partial charge is 0.363 e. The summed E-state index contributed by atoms with van der Waals surface area (Å²) in [6, 6.07) is 8.32. The lowest BCUT2D eigenvalue weighted by atomic mass is 9.96. The van der Waals surface area contributed by atoms with E-state index in [0.29, 0.717) is 23.5 Å². The topological polar surface area (TPSA) is 109 Å². The number of nitrogens with zero attached hydrogens (tertiary/aromatic N) is 4. The number of rotatable bonds is 10. The minimum Gasteiger partial charge on any atom is -0.363 e. The molecule has 46 heavy (non-hydrogen) atoms. The fourth-order valence-electron chi connectivity index (χ4n) is 4.66. The third-order valence-corrected chi connectivity index (χ3v) is 7.21. The van der Waals surface area contributed by atoms with Crippen LogP contribution in [0.2, 0.25) is 5.02 Å². The van der Waals surface area contributed by atoms with E-state index in [2.05, 4.69) is 20.6 Å². The molecule has 0 aliphatic rings. The van der Waals surface area contributed by atoms with Gasteiger partial charge < -0.3 is 20.1 Å². The maximum Gasteiger partial charge on any atom is 0.416 e. The summed E-state index contributed by atoms with van der Waals surface area (Å²) in [4.78, 5) is 49.4. The SMILES string of the molecule is CC(=O)Cn1c(C(=O)NCc2ccc(N(C)C)nc2)nc(NC(=O)c2cc(F)cc(C(F)(F)F)c2)c1[C@@H](C)c1cc(F)ccc1Cl. The van der Waals surface area contributed by atoms with Crippen molar-refractivity contribution in [2.45, 2.75) is 39.0 Å². The van der Waals surface area contributed by atoms with Crippen LogP contribution in [0.25, 0.3) is 0 Å². The number of imidazole rings is 1. The number of amides is 2. The summed E-state index contributed by atoms with van der Waals surface area (Å²) in [6.45, 7) is 2.37. The van der Waals surface area contributed by atoms with E-state index in [9.17, 15) is 36.3 Å². The second kappa shape index (κ2) is 13.6. The molecule has 242 valence electrons. The van der Waals surface area contributed by atoms with E-state index in [0.717, 1.165) is 12.1 Å². The summed E-state index contributed by atoms with van der Waals surface area (Å²) in [5.74, 6) is -5.26. The number of ketones is 1. The number of hydrogen-bond donors (Lipinski definition) is 2. The van der Waals surface area contributed by atoms with Gasteiger partial charge in [0, 0.05) is 43.3 Å². The molecule has 2 amide bonds. The van der Waals surface area contributed by atoms with E-state index in [1.54, 1.807) is 30.2 Å². The van der Waals surface area contributed by atoms with Crippen molar-refractivity contribution in [3.05, 3.63) is 105 Å². The highest BCUT2D eigenvalue weighted by molar-refractivity contribution is 6.31. The molecule has 0 aliphatic carbocycles. The van der Waals surface area contributed by atoms with Crippen LogP contribution in [0.4, 0.5) is 33.6 Å². The van der Waals surface area contributed by atoms with Crippen molar-refractivity contribution in [1.29, 1.82) is 0 Å². The van der Waals surface area contributed by atoms with Gasteiger partial charge in [-0.2, -0.15) is 13.2 Å². The molecule has 0 fully saturated rings. The van der Waals surface area contributed by atoms with E-state index in [-0.39, 0.29) is 40.5 Å². The number of aromatic nitrogens is 3. The van der Waals surface area contributed by atoms with Gasteiger partial charge in [-0.15, -0.1) is 0 Å². The summed E-state index contributed by atoms with van der Waals surface area (Å²) in [6.07, 6.45) is -3.39. The average Bonchev–Trinajstić information content (AvgIpc) is 3.32. The van der Waals surface area contributed by atoms with Crippen LogP contribution in [0.5, 0.6) is 0 Å². The number of benzene rings is 2. The zero-order valence-electron chi connectivity index (χ0n) is 25.0. The van der Waals surface area contributed by atoms with Gasteiger partial charge in [0.25, 0.3) is 11.8 Å². The van der Waals surface area contributed by atoms with Crippen molar-refractivity contribution in [2.75, 3.05) is 24.3 Å². The molecule has 0 saturated heterocycles. The second-order valence-corrected chi connectivity index (χ2v) is 11.0. The van der Waals surface area contributed by atoms with Crippen molar-refractivity contribution in [1.82, 2.24) is 19.9 Å². The molecule has 0 unspecified atom stereocenters. The number of pyridine rings is 1. The first kappa shape index (κ1) is 34.0. The van der Waals surface area contributed by atoms with E-state index >= 15 is 0 Å². The molecule has 0 bridgehead atoms. The van der Waals surface area contributed by atoms with Crippen molar-refractivity contribution in [2.24, 2.45) is 0 Å². The van der Waals surface area contributed by atoms with Crippen LogP contribution in [0.1, 0.15) is 63.1 Å². The molecule has 2 aromatic heterocycles. The molecule has 4 rings (SSSR count). The minimum atomic E-state index is -4.94. The molecule has 0 radical (unpaired) electrons. The number of alkyl halides is 3. The van der Waals surface area contributed by atoms with Gasteiger partial charge in [-0.05, 0) is 60.5 Å². The molecule has 9 nitrogen and oxygen atoms in total. The number of anilines is 2. The first-order valence-electron chi connectivity index (χ1n) is 13.7. The summed E-state index contributed by atoms with van der Waals surface area (Å²) in [5, 5.41) is 5.14. The Morgan fingerprint density at radius 3 is 2.33 bits per heavy atom. The summed E-state index contributed by atoms with van der Waals surface area (Å²) in [5.41, 5.74) is -1.23. The lowest BCUT2D eigenvalue weighted by Crippen LogP contribution is -2.28. The largest absolute Gasteiger partial charge is 0.416 e. The highest BCUT2D eigenvalue weighted by atomic mass is 35.5. The standard InChI is InChI=1S/C31H28ClF5N6O3/c1-16(44)15-43-26(17(2)23-12-21(33)6-7-24(23)32)27(41-29(45)19-9-20(31(35,36)37)11-22(34)10-19)40-28(43)30(46)39-14-18-5-8-25(38-13-18)42(3)4/h5-13,17H,14-15H2,1-4H3,(H,39,46)(H,41,45)/t17-/m0/s1. The molecule has 4 aromatic rings. The van der Waals surface area contributed by atoms with E-state index in [1.807, 2.05) is 14.1 Å². The lowest BCUT2D eigenvalue weighted by Gasteiger charge is -2.19. The van der Waals surface area contributed by atoms with E-state index in [4.69, 9.17) is 11.6 Å². The van der Waals surface area contributed by atoms with Gasteiger partial charge >= 0.3 is 6.18 Å². The zero-order chi connectivity index (χ0) is 33.9. The molecule has 2 N–H and O–H groups in total. The molecule has 0 saturated carbocycles. The van der Waals surface area contributed by atoms with Crippen LogP contribution in [-0.2, 0) is 24.1 Å². The Morgan fingerprint density at radius 1 is 1.00 bits per heavy atom. The molecule has 0 spiro atoms. The number of nitrogens with one attached hydrogen (secondary N) is 2. The third kappa shape index (κ3) is 7.86. The van der Waals surface area contributed by atoms with Gasteiger partial charge in [-0.25, -0.2) is 18.7 Å². The van der Waals surface area contributed by atoms with Gasteiger partial charge in [0.05, 0.1) is 17.8 Å². The first-order valence-corrected chi connectivity index (χ1v) is 14.1. The Morgan fingerprint density at radius 2 is 1.72 bits per heavy atom. The highest BCUT2D eigenvalue weighted by Crippen LogP contribution is 2.36. The monoisotopic (exact) mass is 662 g/mol. The quantitative estimate of drug-likeness (QED) is 0.195. The second-order valence-electron chi connectivity index (χ2n) is 10.6. The van der Waals surface area contributed by atoms with Crippen LogP contribution in [0.3, 0.4) is 0 Å². The fraction of sp³-hybridized carbons (Fsp3) is 0.258. The summed E-state index contributed by atoms with van der Waals surface area (Å²) < 4.78 is 69.7. The van der Waals surface area contributed by atoms with Gasteiger partial charge in [0.2, 0.25) is 5.82 Å². The van der Waals surface area contributed by atoms with Crippen LogP contribution < -0.4 is 15.5 Å². The van der Waals surface area contributed by atoms with Gasteiger partial charge in [0.1, 0.15) is 23.2 Å². The molecular weight excluding hydrogens is 635 g/mol. The fourth-order valence-corrected chi connectivity index (χ4v) is 4.94. The number of carbonyl (C=O) groups is 3. The molecule has 2 aromatic carbocycles. The minimum absolute atomic E-state index is 0.00170. The number of hydrogen-bond acceptors (Lipinski definition) is 6. The predicted molar refractivity (Wildman–Crippen MR) is 161 cm³/mol. The van der Waals surface area contributed by atoms with Crippen LogP contribution in [-0.4, -0.2) is 46.2 Å². The molecular formula is C31H28ClF5N6O3. The Kier molecular flexibility index (Phi) is 10.1. The number of carbonyl (C=O) groups excluding carboxylic acids is 3. The predicted octanol–water partition coefficient (Wildman–Crippen LogP) is 6.22. The molecule has 2 heterocycles. The first-order chi connectivity index (χ1) is 21.5. The molecule has 1 atom stereocenters. The summed E-state index contributed by atoms with van der Waals surface area (Å²) >= 11 is 6.36. The van der Waals surface area contributed by atoms with Gasteiger partial charge in [-0.3, -0.25) is 14.4 Å². The normalized spacial score (nSPS) is 12.0. The maximum absolute atomic E-state index is 14.3. The van der Waals surface area contributed by atoms with Gasteiger partial charge in [-0.1, -0.05) is 24.6 Å². The van der Waals surface area contributed by atoms with Crippen LogP contribution >= 0.6 is 11.6 Å². The summed E-state index contributed by atoms with van der Waals surface area (Å²) in [7, 11) is 3.63. The number of Topliss-reactive ketones (excluding diaryl/α,β-unsaturated/α-hetero) is 1. The van der Waals surface area contributed by atoms with Crippen molar-refractivity contribution >= 4 is 40.8 Å². The average molecular weight is 663 g/mol. The highest BCUT2D eigenvalue weighted by Gasteiger charge is 2.33. The van der Waals surface area contributed by atoms with Crippen LogP contribution in [0, 0.1) is 11.6 Å². The van der Waals surface area contributed by atoms with Crippen molar-refractivity contribution in [3.8, 4) is 0 Å². The Balaban J connectivity index is 1.80. The lowest BCUT2D eigenvalue weighted by molar-refractivity contribution is -0.137. The molecule has 15 heteroatoms. The maximum atomic E-state index is 14.3. The van der Waals surface area contributed by atoms with Crippen molar-refractivity contribution in [3.63, 3.8) is 0 Å². The van der Waals surface area contributed by atoms with Crippen molar-refractivity contribution < 1.29 is 36.3 Å². The Bertz CT molecular complexity index is 1790. The zero-order valence-corrected chi connectivity index (χ0v) is 25.7. The van der Waals surface area contributed by atoms with Gasteiger partial charge in [0.15, 0.2) is 5.82 Å². The Hall–Kier alpha value is -4.85. The van der Waals surface area contributed by atoms with E-state index < -0.39 is 59.0 Å². The molecule has 0 aliphatic heterocycles. The van der Waals surface area contributed by atoms with Crippen LogP contribution in [0.15, 0.2) is 54.7 Å².